The molecular formula is C42H72O5Sm. The Labute approximate surface area is 328 Å². The molecule has 0 amide bonds. The summed E-state index contributed by atoms with van der Waals surface area (Å²) in [5.41, 5.74) is 6.52. The normalized spacial score (nSPS) is 16.1. The standard InChI is InChI=1S/2C15H24O.3C4H8O.Sm/c2*1-10-8-11(14(2,3)4)13(16)12(9-10)15(5,6)7;3*1-2-4-5-3-1;/h2*8-9,16H,1-7H3;3*1-4H2;. The predicted octanol–water partition coefficient (Wildman–Crippen LogP) is 11.0. The number of hydrogen-bond acceptors (Lipinski definition) is 5. The molecule has 6 heteroatoms. The monoisotopic (exact) mass is 808 g/mol. The number of aryl methyl sites for hydroxylation is 2. The Morgan fingerprint density at radius 2 is 0.562 bits per heavy atom. The first-order valence-corrected chi connectivity index (χ1v) is 18.0. The summed E-state index contributed by atoms with van der Waals surface area (Å²) >= 11 is 0. The number of benzene rings is 2. The van der Waals surface area contributed by atoms with E-state index in [0.717, 1.165) is 61.9 Å². The fourth-order valence-corrected chi connectivity index (χ4v) is 5.38. The van der Waals surface area contributed by atoms with Crippen LogP contribution < -0.4 is 0 Å². The van der Waals surface area contributed by atoms with Crippen LogP contribution in [0.1, 0.15) is 155 Å². The van der Waals surface area contributed by atoms with E-state index in [2.05, 4.69) is 121 Å². The van der Waals surface area contributed by atoms with Crippen molar-refractivity contribution in [2.24, 2.45) is 0 Å². The molecule has 2 N–H and O–H groups in total. The average molecular weight is 807 g/mol. The summed E-state index contributed by atoms with van der Waals surface area (Å²) in [5.74, 6) is 0.927. The van der Waals surface area contributed by atoms with E-state index in [-0.39, 0.29) is 62.0 Å². The van der Waals surface area contributed by atoms with E-state index in [9.17, 15) is 10.2 Å². The average Bonchev–Trinajstić information content (AvgIpc) is 3.76. The Hall–Kier alpha value is -0.742. The topological polar surface area (TPSA) is 68.2 Å². The molecule has 0 atom stereocenters. The molecule has 0 saturated carbocycles. The predicted molar refractivity (Wildman–Crippen MR) is 201 cm³/mol. The number of phenols is 2. The van der Waals surface area contributed by atoms with Crippen LogP contribution in [-0.4, -0.2) is 49.9 Å². The van der Waals surface area contributed by atoms with Gasteiger partial charge >= 0.3 is 0 Å². The van der Waals surface area contributed by atoms with Crippen molar-refractivity contribution in [3.8, 4) is 11.5 Å². The smallest absolute Gasteiger partial charge is 0.123 e. The fourth-order valence-electron chi connectivity index (χ4n) is 5.38. The maximum Gasteiger partial charge on any atom is 0.123 e. The molecular weight excluding hydrogens is 735 g/mol. The van der Waals surface area contributed by atoms with Gasteiger partial charge in [-0.15, -0.1) is 0 Å². The van der Waals surface area contributed by atoms with E-state index < -0.39 is 0 Å². The van der Waals surface area contributed by atoms with E-state index in [0.29, 0.717) is 11.5 Å². The van der Waals surface area contributed by atoms with Crippen LogP contribution in [0.5, 0.6) is 11.5 Å². The molecule has 5 nitrogen and oxygen atoms in total. The Morgan fingerprint density at radius 3 is 0.667 bits per heavy atom. The van der Waals surface area contributed by atoms with Gasteiger partial charge in [0.1, 0.15) is 11.5 Å². The van der Waals surface area contributed by atoms with E-state index in [1.54, 1.807) is 0 Å². The zero-order valence-corrected chi connectivity index (χ0v) is 35.9. The van der Waals surface area contributed by atoms with Crippen LogP contribution in [-0.2, 0) is 35.9 Å². The Kier molecular flexibility index (Phi) is 21.2. The number of aromatic hydroxyl groups is 2. The summed E-state index contributed by atoms with van der Waals surface area (Å²) < 4.78 is 14.8. The van der Waals surface area contributed by atoms with Crippen LogP contribution >= 0.6 is 0 Å². The Bertz CT molecular complexity index is 984. The largest absolute Gasteiger partial charge is 0.507 e. The molecule has 276 valence electrons. The van der Waals surface area contributed by atoms with Gasteiger partial charge in [0.05, 0.1) is 0 Å². The molecule has 2 aromatic carbocycles. The third-order valence-corrected chi connectivity index (χ3v) is 8.22. The third kappa shape index (κ3) is 18.0. The molecule has 3 aliphatic rings. The zero-order valence-electron chi connectivity index (χ0n) is 33.3. The molecule has 48 heavy (non-hydrogen) atoms. The van der Waals surface area contributed by atoms with Crippen molar-refractivity contribution in [1.29, 1.82) is 0 Å². The molecule has 3 heterocycles. The summed E-state index contributed by atoms with van der Waals surface area (Å²) in [5, 5.41) is 20.8. The van der Waals surface area contributed by atoms with Crippen LogP contribution in [0.3, 0.4) is 0 Å². The van der Waals surface area contributed by atoms with Gasteiger partial charge in [-0.1, -0.05) is 118 Å². The van der Waals surface area contributed by atoms with E-state index in [4.69, 9.17) is 14.2 Å². The van der Waals surface area contributed by atoms with E-state index in [1.165, 1.54) is 49.7 Å². The van der Waals surface area contributed by atoms with Crippen LogP contribution in [0.15, 0.2) is 24.3 Å². The summed E-state index contributed by atoms with van der Waals surface area (Å²) in [4.78, 5) is 0. The summed E-state index contributed by atoms with van der Waals surface area (Å²) in [7, 11) is 0. The summed E-state index contributed by atoms with van der Waals surface area (Å²) in [6, 6.07) is 8.35. The van der Waals surface area contributed by atoms with Crippen molar-refractivity contribution < 1.29 is 64.8 Å². The van der Waals surface area contributed by atoms with Gasteiger partial charge in [-0.3, -0.25) is 0 Å². The Morgan fingerprint density at radius 1 is 0.396 bits per heavy atom. The van der Waals surface area contributed by atoms with Crippen molar-refractivity contribution in [3.05, 3.63) is 57.6 Å². The molecule has 0 radical (unpaired) electrons. The van der Waals surface area contributed by atoms with Gasteiger partial charge in [0.2, 0.25) is 0 Å². The van der Waals surface area contributed by atoms with Gasteiger partial charge in [0.25, 0.3) is 0 Å². The van der Waals surface area contributed by atoms with Gasteiger partial charge in [0, 0.05) is 80.0 Å². The summed E-state index contributed by atoms with van der Waals surface area (Å²) in [6.45, 7) is 35.8. The third-order valence-electron chi connectivity index (χ3n) is 8.22. The zero-order chi connectivity index (χ0) is 36.1. The van der Waals surface area contributed by atoms with Crippen LogP contribution in [0.4, 0.5) is 0 Å². The van der Waals surface area contributed by atoms with E-state index >= 15 is 0 Å². The first-order valence-electron chi connectivity index (χ1n) is 18.0. The first kappa shape index (κ1) is 47.3. The fraction of sp³-hybridized carbons (Fsp3) is 0.714. The molecule has 3 fully saturated rings. The second kappa shape index (κ2) is 21.6. The van der Waals surface area contributed by atoms with Gasteiger partial charge in [0.15, 0.2) is 0 Å². The molecule has 3 saturated heterocycles. The maximum atomic E-state index is 10.4. The summed E-state index contributed by atoms with van der Waals surface area (Å²) in [6.07, 6.45) is 7.67. The van der Waals surface area contributed by atoms with Crippen LogP contribution in [0, 0.1) is 54.2 Å². The number of hydrogen-bond donors (Lipinski definition) is 2. The SMILES string of the molecule is C1CCOC1.C1CCOC1.C1CCOC1.Cc1cc(C(C)(C)C)c(O)c(C(C)(C)C)c1.Cc1cc(C(C)(C)C)c(O)c(C(C)(C)C)c1.[Sm]. The molecule has 0 spiro atoms. The minimum absolute atomic E-state index is 0. The van der Waals surface area contributed by atoms with Crippen LogP contribution in [0.25, 0.3) is 0 Å². The maximum absolute atomic E-state index is 10.4. The van der Waals surface area contributed by atoms with Gasteiger partial charge in [-0.2, -0.15) is 0 Å². The molecule has 3 aliphatic heterocycles. The quantitative estimate of drug-likeness (QED) is 0.278. The van der Waals surface area contributed by atoms with Gasteiger partial charge in [-0.25, -0.2) is 0 Å². The second-order valence-electron chi connectivity index (χ2n) is 17.4. The first-order chi connectivity index (χ1) is 21.6. The minimum atomic E-state index is -0.0178. The van der Waals surface area contributed by atoms with Crippen molar-refractivity contribution in [3.63, 3.8) is 0 Å². The minimum Gasteiger partial charge on any atom is -0.507 e. The van der Waals surface area contributed by atoms with E-state index in [1.807, 2.05) is 0 Å². The second-order valence-corrected chi connectivity index (χ2v) is 17.4. The molecule has 0 bridgehead atoms. The molecule has 0 aliphatic carbocycles. The van der Waals surface area contributed by atoms with Crippen LogP contribution in [0.2, 0.25) is 0 Å². The van der Waals surface area contributed by atoms with Crippen molar-refractivity contribution >= 4 is 0 Å². The number of ether oxygens (including phenoxy) is 3. The molecule has 2 aromatic rings. The molecule has 5 rings (SSSR count). The Balaban J connectivity index is 0.000000634. The van der Waals surface area contributed by atoms with Crippen molar-refractivity contribution in [1.82, 2.24) is 0 Å². The number of phenolic OH excluding ortho intramolecular Hbond substituents is 2. The molecule has 0 unspecified atom stereocenters. The van der Waals surface area contributed by atoms with Crippen molar-refractivity contribution in [2.45, 2.75) is 157 Å². The van der Waals surface area contributed by atoms with Gasteiger partial charge < -0.3 is 24.4 Å². The van der Waals surface area contributed by atoms with Crippen molar-refractivity contribution in [2.75, 3.05) is 39.6 Å². The number of rotatable bonds is 0. The van der Waals surface area contributed by atoms with Gasteiger partial charge in [-0.05, 0) is 96.3 Å². The molecule has 0 aromatic heterocycles.